The van der Waals surface area contributed by atoms with Crippen LogP contribution in [0.1, 0.15) is 24.3 Å². The lowest BCUT2D eigenvalue weighted by Crippen LogP contribution is -2.50. The van der Waals surface area contributed by atoms with Crippen LogP contribution < -0.4 is 5.32 Å². The SMILES string of the molecule is Cc1nc2cc(NC(=O)[C@@H]3C[C@H](O)CCN3Cc3cc(O)c(Br)cc3O)ccc2o1. The highest BCUT2D eigenvalue weighted by atomic mass is 79.9. The number of nitrogens with one attached hydrogen (secondary N) is 1. The van der Waals surface area contributed by atoms with Crippen molar-refractivity contribution < 1.29 is 24.5 Å². The normalized spacial score (nSPS) is 19.8. The Labute approximate surface area is 181 Å². The Kier molecular flexibility index (Phi) is 5.68. The largest absolute Gasteiger partial charge is 0.508 e. The van der Waals surface area contributed by atoms with Crippen LogP contribution in [0.2, 0.25) is 0 Å². The number of aryl methyl sites for hydroxylation is 1. The number of anilines is 1. The molecule has 158 valence electrons. The van der Waals surface area contributed by atoms with Crippen LogP contribution in [0.5, 0.6) is 11.5 Å². The predicted octanol–water partition coefficient (Wildman–Crippen LogP) is 3.27. The number of fused-ring (bicyclic) bond motifs is 1. The van der Waals surface area contributed by atoms with Crippen LogP contribution in [0.25, 0.3) is 11.1 Å². The number of nitrogens with zero attached hydrogens (tertiary/aromatic N) is 2. The van der Waals surface area contributed by atoms with Crippen molar-refractivity contribution in [1.82, 2.24) is 9.88 Å². The molecule has 0 unspecified atom stereocenters. The summed E-state index contributed by atoms with van der Waals surface area (Å²) in [5, 5.41) is 33.2. The van der Waals surface area contributed by atoms with E-state index in [4.69, 9.17) is 4.42 Å². The molecule has 1 saturated heterocycles. The fraction of sp³-hybridized carbons (Fsp3) is 0.333. The summed E-state index contributed by atoms with van der Waals surface area (Å²) in [4.78, 5) is 19.2. The Morgan fingerprint density at radius 3 is 2.90 bits per heavy atom. The van der Waals surface area contributed by atoms with Crippen molar-refractivity contribution in [3.63, 3.8) is 0 Å². The van der Waals surface area contributed by atoms with E-state index in [1.54, 1.807) is 25.1 Å². The van der Waals surface area contributed by atoms with Crippen molar-refractivity contribution in [3.05, 3.63) is 46.3 Å². The molecule has 2 heterocycles. The van der Waals surface area contributed by atoms with Crippen LogP contribution in [0.15, 0.2) is 39.2 Å². The van der Waals surface area contributed by atoms with Crippen LogP contribution in [-0.4, -0.2) is 49.8 Å². The van der Waals surface area contributed by atoms with E-state index >= 15 is 0 Å². The van der Waals surface area contributed by atoms with Gasteiger partial charge in [-0.05, 0) is 59.1 Å². The Morgan fingerprint density at radius 1 is 1.30 bits per heavy atom. The van der Waals surface area contributed by atoms with Crippen LogP contribution in [-0.2, 0) is 11.3 Å². The molecule has 30 heavy (non-hydrogen) atoms. The van der Waals surface area contributed by atoms with E-state index in [1.807, 2.05) is 4.90 Å². The number of benzene rings is 2. The van der Waals surface area contributed by atoms with Crippen LogP contribution >= 0.6 is 15.9 Å². The van der Waals surface area contributed by atoms with Crippen LogP contribution in [0.4, 0.5) is 5.69 Å². The van der Waals surface area contributed by atoms with Crippen LogP contribution in [0.3, 0.4) is 0 Å². The molecule has 0 radical (unpaired) electrons. The van der Waals surface area contributed by atoms with Gasteiger partial charge in [-0.25, -0.2) is 4.98 Å². The van der Waals surface area contributed by atoms with Crippen molar-refractivity contribution in [2.45, 2.75) is 38.5 Å². The second-order valence-corrected chi connectivity index (χ2v) is 8.36. The Hall–Kier alpha value is -2.62. The molecule has 0 bridgehead atoms. The lowest BCUT2D eigenvalue weighted by atomic mass is 9.97. The monoisotopic (exact) mass is 475 g/mol. The van der Waals surface area contributed by atoms with Gasteiger partial charge in [0.2, 0.25) is 5.91 Å². The summed E-state index contributed by atoms with van der Waals surface area (Å²) in [5.41, 5.74) is 2.39. The highest BCUT2D eigenvalue weighted by molar-refractivity contribution is 9.10. The molecule has 0 aliphatic carbocycles. The van der Waals surface area contributed by atoms with Gasteiger partial charge >= 0.3 is 0 Å². The number of aliphatic hydroxyl groups excluding tert-OH is 1. The molecule has 1 amide bonds. The van der Waals surface area contributed by atoms with E-state index in [9.17, 15) is 20.1 Å². The third-order valence-electron chi connectivity index (χ3n) is 5.27. The second-order valence-electron chi connectivity index (χ2n) is 7.50. The van der Waals surface area contributed by atoms with Crippen molar-refractivity contribution >= 4 is 38.6 Å². The van der Waals surface area contributed by atoms with Crippen molar-refractivity contribution in [2.75, 3.05) is 11.9 Å². The number of phenols is 2. The first-order valence-electron chi connectivity index (χ1n) is 9.60. The molecule has 1 aliphatic rings. The fourth-order valence-electron chi connectivity index (χ4n) is 3.74. The van der Waals surface area contributed by atoms with Gasteiger partial charge in [-0.1, -0.05) is 0 Å². The molecule has 4 rings (SSSR count). The van der Waals surface area contributed by atoms with Crippen molar-refractivity contribution in [3.8, 4) is 11.5 Å². The first-order valence-corrected chi connectivity index (χ1v) is 10.4. The molecule has 1 fully saturated rings. The molecule has 8 nitrogen and oxygen atoms in total. The van der Waals surface area contributed by atoms with Gasteiger partial charge in [0.25, 0.3) is 0 Å². The number of carbonyl (C=O) groups excluding carboxylic acids is 1. The zero-order chi connectivity index (χ0) is 21.4. The van der Waals surface area contributed by atoms with Crippen molar-refractivity contribution in [1.29, 1.82) is 0 Å². The van der Waals surface area contributed by atoms with Gasteiger partial charge in [-0.3, -0.25) is 9.69 Å². The summed E-state index contributed by atoms with van der Waals surface area (Å²) in [5.74, 6) is 0.329. The fourth-order valence-corrected chi connectivity index (χ4v) is 4.07. The van der Waals surface area contributed by atoms with E-state index in [1.165, 1.54) is 12.1 Å². The summed E-state index contributed by atoms with van der Waals surface area (Å²) in [7, 11) is 0. The van der Waals surface area contributed by atoms with E-state index < -0.39 is 12.1 Å². The Bertz CT molecular complexity index is 1100. The third kappa shape index (κ3) is 4.28. The van der Waals surface area contributed by atoms with Crippen LogP contribution in [0, 0.1) is 6.92 Å². The minimum atomic E-state index is -0.589. The van der Waals surface area contributed by atoms with E-state index in [-0.39, 0.29) is 30.4 Å². The van der Waals surface area contributed by atoms with Gasteiger partial charge in [0.05, 0.1) is 16.6 Å². The molecule has 1 aromatic heterocycles. The molecule has 1 aliphatic heterocycles. The van der Waals surface area contributed by atoms with E-state index in [0.29, 0.717) is 45.7 Å². The zero-order valence-corrected chi connectivity index (χ0v) is 17.9. The number of amides is 1. The van der Waals surface area contributed by atoms with Gasteiger partial charge in [0, 0.05) is 31.3 Å². The predicted molar refractivity (Wildman–Crippen MR) is 114 cm³/mol. The number of piperidine rings is 1. The summed E-state index contributed by atoms with van der Waals surface area (Å²) in [6.07, 6.45) is 0.224. The molecule has 9 heteroatoms. The molecule has 0 saturated carbocycles. The van der Waals surface area contributed by atoms with Gasteiger partial charge in [0.1, 0.15) is 17.0 Å². The lowest BCUT2D eigenvalue weighted by molar-refractivity contribution is -0.124. The van der Waals surface area contributed by atoms with Gasteiger partial charge < -0.3 is 25.1 Å². The Balaban J connectivity index is 1.54. The number of phenolic OH excluding ortho intramolecular Hbond substituents is 2. The number of likely N-dealkylation sites (tertiary alicyclic amines) is 1. The maximum atomic E-state index is 13.0. The van der Waals surface area contributed by atoms with Crippen molar-refractivity contribution in [2.24, 2.45) is 0 Å². The topological polar surface area (TPSA) is 119 Å². The molecular weight excluding hydrogens is 454 g/mol. The summed E-state index contributed by atoms with van der Waals surface area (Å²) < 4.78 is 5.85. The number of aromatic hydroxyl groups is 2. The standard InChI is InChI=1S/C21H22BrN3O5/c1-11-23-16-7-13(2-3-20(16)30-11)24-21(29)17-8-14(26)4-5-25(17)10-12-6-19(28)15(22)9-18(12)27/h2-3,6-7,9,14,17,26-28H,4-5,8,10H2,1H3,(H,24,29)/t14-,17+/m1/s1. The summed E-state index contributed by atoms with van der Waals surface area (Å²) in [6, 6.07) is 7.54. The first-order chi connectivity index (χ1) is 14.3. The average molecular weight is 476 g/mol. The number of aromatic nitrogens is 1. The third-order valence-corrected chi connectivity index (χ3v) is 5.91. The molecule has 0 spiro atoms. The second kappa shape index (κ2) is 8.25. The average Bonchev–Trinajstić information content (AvgIpc) is 3.06. The number of halogens is 1. The van der Waals surface area contributed by atoms with E-state index in [0.717, 1.165) is 0 Å². The first kappa shape index (κ1) is 20.6. The molecule has 2 atom stereocenters. The number of aliphatic hydroxyl groups is 1. The number of rotatable bonds is 4. The maximum absolute atomic E-state index is 13.0. The number of hydrogen-bond acceptors (Lipinski definition) is 7. The number of hydrogen-bond donors (Lipinski definition) is 4. The molecule has 3 aromatic rings. The summed E-state index contributed by atoms with van der Waals surface area (Å²) in [6.45, 7) is 2.50. The lowest BCUT2D eigenvalue weighted by Gasteiger charge is -2.37. The summed E-state index contributed by atoms with van der Waals surface area (Å²) >= 11 is 3.17. The van der Waals surface area contributed by atoms with E-state index in [2.05, 4.69) is 26.2 Å². The van der Waals surface area contributed by atoms with Gasteiger partial charge in [-0.15, -0.1) is 0 Å². The maximum Gasteiger partial charge on any atom is 0.241 e. The van der Waals surface area contributed by atoms with Gasteiger partial charge in [-0.2, -0.15) is 0 Å². The minimum Gasteiger partial charge on any atom is -0.508 e. The minimum absolute atomic E-state index is 0.0112. The quantitative estimate of drug-likeness (QED) is 0.427. The number of carbonyl (C=O) groups is 1. The zero-order valence-electron chi connectivity index (χ0n) is 16.3. The smallest absolute Gasteiger partial charge is 0.241 e. The highest BCUT2D eigenvalue weighted by Gasteiger charge is 2.33. The van der Waals surface area contributed by atoms with Gasteiger partial charge in [0.15, 0.2) is 11.5 Å². The highest BCUT2D eigenvalue weighted by Crippen LogP contribution is 2.33. The Morgan fingerprint density at radius 2 is 2.10 bits per heavy atom. The molecular formula is C21H22BrN3O5. The molecule has 4 N–H and O–H groups in total. The molecule has 2 aromatic carbocycles. The number of oxazole rings is 1.